The normalized spacial score (nSPS) is 18.3. The molecule has 0 bridgehead atoms. The SMILES string of the molecule is COc1cc(C)c(S(=O)(=O)N2CCCC2c2ccccc2)cc1OC. The summed E-state index contributed by atoms with van der Waals surface area (Å²) >= 11 is 0. The van der Waals surface area contributed by atoms with Gasteiger partial charge in [-0.2, -0.15) is 4.31 Å². The molecule has 0 aliphatic carbocycles. The monoisotopic (exact) mass is 361 g/mol. The van der Waals surface area contributed by atoms with Crippen LogP contribution in [0.15, 0.2) is 47.4 Å². The molecule has 0 aromatic heterocycles. The smallest absolute Gasteiger partial charge is 0.244 e. The van der Waals surface area contributed by atoms with Gasteiger partial charge in [-0.05, 0) is 37.0 Å². The van der Waals surface area contributed by atoms with Crippen molar-refractivity contribution in [2.24, 2.45) is 0 Å². The van der Waals surface area contributed by atoms with Gasteiger partial charge in [0.05, 0.1) is 25.2 Å². The molecule has 1 unspecified atom stereocenters. The molecule has 0 saturated carbocycles. The molecule has 1 saturated heterocycles. The van der Waals surface area contributed by atoms with Gasteiger partial charge in [-0.15, -0.1) is 0 Å². The molecular weight excluding hydrogens is 338 g/mol. The topological polar surface area (TPSA) is 55.8 Å². The minimum absolute atomic E-state index is 0.126. The summed E-state index contributed by atoms with van der Waals surface area (Å²) in [6, 6.07) is 12.9. The van der Waals surface area contributed by atoms with Crippen molar-refractivity contribution in [1.82, 2.24) is 4.31 Å². The summed E-state index contributed by atoms with van der Waals surface area (Å²) in [5.41, 5.74) is 1.68. The molecule has 1 heterocycles. The molecule has 6 heteroatoms. The third-order valence-corrected chi connectivity index (χ3v) is 6.71. The van der Waals surface area contributed by atoms with E-state index in [1.54, 1.807) is 23.4 Å². The van der Waals surface area contributed by atoms with Crippen molar-refractivity contribution in [3.05, 3.63) is 53.6 Å². The zero-order valence-electron chi connectivity index (χ0n) is 14.7. The van der Waals surface area contributed by atoms with Crippen LogP contribution in [-0.2, 0) is 10.0 Å². The number of benzene rings is 2. The van der Waals surface area contributed by atoms with Crippen LogP contribution in [0.5, 0.6) is 11.5 Å². The highest BCUT2D eigenvalue weighted by Gasteiger charge is 2.37. The second-order valence-corrected chi connectivity index (χ2v) is 8.02. The first-order chi connectivity index (χ1) is 12.0. The molecule has 0 spiro atoms. The number of sulfonamides is 1. The minimum Gasteiger partial charge on any atom is -0.493 e. The van der Waals surface area contributed by atoms with E-state index in [-0.39, 0.29) is 10.9 Å². The van der Waals surface area contributed by atoms with Crippen LogP contribution >= 0.6 is 0 Å². The fourth-order valence-electron chi connectivity index (χ4n) is 3.40. The Labute approximate surface area is 149 Å². The highest BCUT2D eigenvalue weighted by atomic mass is 32.2. The molecule has 1 atom stereocenters. The van der Waals surface area contributed by atoms with E-state index in [1.165, 1.54) is 14.2 Å². The minimum atomic E-state index is -3.63. The molecule has 0 N–H and O–H groups in total. The Morgan fingerprint density at radius 2 is 1.68 bits per heavy atom. The summed E-state index contributed by atoms with van der Waals surface area (Å²) in [7, 11) is -0.581. The highest BCUT2D eigenvalue weighted by molar-refractivity contribution is 7.89. The van der Waals surface area contributed by atoms with Gasteiger partial charge >= 0.3 is 0 Å². The molecule has 0 amide bonds. The fraction of sp³-hybridized carbons (Fsp3) is 0.368. The lowest BCUT2D eigenvalue weighted by atomic mass is 10.1. The number of ether oxygens (including phenoxy) is 2. The number of rotatable bonds is 5. The number of hydrogen-bond acceptors (Lipinski definition) is 4. The predicted octanol–water partition coefficient (Wildman–Crippen LogP) is 3.54. The number of aryl methyl sites for hydroxylation is 1. The van der Waals surface area contributed by atoms with Crippen LogP contribution < -0.4 is 9.47 Å². The number of nitrogens with zero attached hydrogens (tertiary/aromatic N) is 1. The second kappa shape index (κ2) is 7.06. The molecule has 0 radical (unpaired) electrons. The van der Waals surface area contributed by atoms with Gasteiger partial charge < -0.3 is 9.47 Å². The average Bonchev–Trinajstić information content (AvgIpc) is 3.12. The first kappa shape index (κ1) is 17.8. The van der Waals surface area contributed by atoms with Gasteiger partial charge in [0.25, 0.3) is 0 Å². The predicted molar refractivity (Wildman–Crippen MR) is 96.6 cm³/mol. The fourth-order valence-corrected chi connectivity index (χ4v) is 5.31. The first-order valence-corrected chi connectivity index (χ1v) is 9.72. The maximum atomic E-state index is 13.3. The number of methoxy groups -OCH3 is 2. The van der Waals surface area contributed by atoms with Crippen LogP contribution in [0.4, 0.5) is 0 Å². The van der Waals surface area contributed by atoms with Gasteiger partial charge in [-0.25, -0.2) is 8.42 Å². The van der Waals surface area contributed by atoms with E-state index in [2.05, 4.69) is 0 Å². The van der Waals surface area contributed by atoms with E-state index in [4.69, 9.17) is 9.47 Å². The van der Waals surface area contributed by atoms with Crippen LogP contribution in [0.2, 0.25) is 0 Å². The summed E-state index contributed by atoms with van der Waals surface area (Å²) in [4.78, 5) is 0.271. The Morgan fingerprint density at radius 3 is 2.32 bits per heavy atom. The summed E-state index contributed by atoms with van der Waals surface area (Å²) in [6.07, 6.45) is 1.68. The standard InChI is InChI=1S/C19H23NO4S/c1-14-12-17(23-2)18(24-3)13-19(14)25(21,22)20-11-7-10-16(20)15-8-5-4-6-9-15/h4-6,8-9,12-13,16H,7,10-11H2,1-3H3. The summed E-state index contributed by atoms with van der Waals surface area (Å²) in [5, 5.41) is 0. The van der Waals surface area contributed by atoms with Crippen molar-refractivity contribution in [2.75, 3.05) is 20.8 Å². The average molecular weight is 361 g/mol. The molecule has 1 aliphatic heterocycles. The summed E-state index contributed by atoms with van der Waals surface area (Å²) in [6.45, 7) is 2.30. The van der Waals surface area contributed by atoms with E-state index < -0.39 is 10.0 Å². The van der Waals surface area contributed by atoms with Crippen LogP contribution in [0.25, 0.3) is 0 Å². The Bertz CT molecular complexity index is 849. The molecular formula is C19H23NO4S. The van der Waals surface area contributed by atoms with Gasteiger partial charge in [-0.1, -0.05) is 30.3 Å². The van der Waals surface area contributed by atoms with Crippen LogP contribution in [0.3, 0.4) is 0 Å². The maximum Gasteiger partial charge on any atom is 0.244 e. The molecule has 2 aromatic rings. The zero-order valence-corrected chi connectivity index (χ0v) is 15.5. The zero-order chi connectivity index (χ0) is 18.0. The largest absolute Gasteiger partial charge is 0.493 e. The Balaban J connectivity index is 2.04. The van der Waals surface area contributed by atoms with E-state index in [0.717, 1.165) is 18.4 Å². The van der Waals surface area contributed by atoms with Gasteiger partial charge in [0.2, 0.25) is 10.0 Å². The third-order valence-electron chi connectivity index (χ3n) is 4.66. The summed E-state index contributed by atoms with van der Waals surface area (Å²) < 4.78 is 38.8. The van der Waals surface area contributed by atoms with E-state index >= 15 is 0 Å². The van der Waals surface area contributed by atoms with Gasteiger partial charge in [0.1, 0.15) is 0 Å². The van der Waals surface area contributed by atoms with Crippen molar-refractivity contribution in [2.45, 2.75) is 30.7 Å². The molecule has 1 fully saturated rings. The van der Waals surface area contributed by atoms with Crippen LogP contribution in [0.1, 0.15) is 30.0 Å². The highest BCUT2D eigenvalue weighted by Crippen LogP contribution is 2.39. The first-order valence-electron chi connectivity index (χ1n) is 8.28. The number of hydrogen-bond donors (Lipinski definition) is 0. The van der Waals surface area contributed by atoms with Crippen LogP contribution in [-0.4, -0.2) is 33.5 Å². The maximum absolute atomic E-state index is 13.3. The van der Waals surface area contributed by atoms with Gasteiger partial charge in [0, 0.05) is 12.6 Å². The Hall–Kier alpha value is -2.05. The Morgan fingerprint density at radius 1 is 1.04 bits per heavy atom. The molecule has 5 nitrogen and oxygen atoms in total. The van der Waals surface area contributed by atoms with Gasteiger partial charge in [-0.3, -0.25) is 0 Å². The molecule has 134 valence electrons. The lowest BCUT2D eigenvalue weighted by molar-refractivity contribution is 0.352. The van der Waals surface area contributed by atoms with Crippen molar-refractivity contribution >= 4 is 10.0 Å². The molecule has 25 heavy (non-hydrogen) atoms. The second-order valence-electron chi connectivity index (χ2n) is 6.16. The van der Waals surface area contributed by atoms with E-state index in [0.29, 0.717) is 23.6 Å². The quantitative estimate of drug-likeness (QED) is 0.817. The van der Waals surface area contributed by atoms with Crippen LogP contribution in [0, 0.1) is 6.92 Å². The van der Waals surface area contributed by atoms with E-state index in [9.17, 15) is 8.42 Å². The molecule has 2 aromatic carbocycles. The van der Waals surface area contributed by atoms with Crippen molar-refractivity contribution < 1.29 is 17.9 Å². The molecule has 3 rings (SSSR count). The third kappa shape index (κ3) is 3.24. The van der Waals surface area contributed by atoms with Gasteiger partial charge in [0.15, 0.2) is 11.5 Å². The van der Waals surface area contributed by atoms with Crippen molar-refractivity contribution in [3.8, 4) is 11.5 Å². The Kier molecular flexibility index (Phi) is 5.01. The van der Waals surface area contributed by atoms with Crippen molar-refractivity contribution in [1.29, 1.82) is 0 Å². The summed E-state index contributed by atoms with van der Waals surface area (Å²) in [5.74, 6) is 0.946. The molecule has 1 aliphatic rings. The van der Waals surface area contributed by atoms with E-state index in [1.807, 2.05) is 30.3 Å². The lowest BCUT2D eigenvalue weighted by Gasteiger charge is -2.25. The lowest BCUT2D eigenvalue weighted by Crippen LogP contribution is -2.31. The van der Waals surface area contributed by atoms with Crippen molar-refractivity contribution in [3.63, 3.8) is 0 Å².